The molecule has 370 valence electrons. The maximum Gasteiger partial charge on any atom is 0.0532 e. The molecule has 2 aromatic rings. The van der Waals surface area contributed by atoms with Crippen molar-refractivity contribution in [3.05, 3.63) is 99.5 Å². The highest BCUT2D eigenvalue weighted by atomic mass is 14.3. The average molecular weight is 892 g/mol. The molecule has 2 saturated carbocycles. The van der Waals surface area contributed by atoms with E-state index >= 15 is 0 Å². The van der Waals surface area contributed by atoms with Gasteiger partial charge in [-0.15, -0.1) is 13.0 Å². The summed E-state index contributed by atoms with van der Waals surface area (Å²) in [5, 5.41) is 2.55. The van der Waals surface area contributed by atoms with E-state index in [-0.39, 0.29) is 5.41 Å². The summed E-state index contributed by atoms with van der Waals surface area (Å²) in [6.45, 7) is 45.6. The monoisotopic (exact) mass is 891 g/mol. The Bertz CT molecular complexity index is 1720. The van der Waals surface area contributed by atoms with E-state index in [0.717, 1.165) is 36.7 Å². The molecule has 1 atom stereocenters. The van der Waals surface area contributed by atoms with Gasteiger partial charge in [0.05, 0.1) is 5.41 Å². The van der Waals surface area contributed by atoms with Crippen LogP contribution in [0.25, 0.3) is 17.2 Å². The minimum atomic E-state index is -0.254. The highest BCUT2D eigenvalue weighted by molar-refractivity contribution is 5.88. The molecular formula is C65H110. The Kier molecular flexibility index (Phi) is 37.4. The maximum absolute atomic E-state index is 6.11. The second kappa shape index (κ2) is 38.0. The molecule has 0 heterocycles. The van der Waals surface area contributed by atoms with Gasteiger partial charge in [0.2, 0.25) is 0 Å². The summed E-state index contributed by atoms with van der Waals surface area (Å²) in [4.78, 5) is 0. The number of allylic oxidation sites excluding steroid dienone is 4. The number of benzene rings is 2. The van der Waals surface area contributed by atoms with Crippen molar-refractivity contribution in [2.75, 3.05) is 0 Å². The molecule has 0 amide bonds. The summed E-state index contributed by atoms with van der Waals surface area (Å²) >= 11 is 0. The van der Waals surface area contributed by atoms with Gasteiger partial charge >= 0.3 is 0 Å². The zero-order chi connectivity index (χ0) is 49.8. The fourth-order valence-corrected chi connectivity index (χ4v) is 8.63. The molecule has 0 heteroatoms. The fraction of sp³-hybridized carbons (Fsp3) is 0.662. The first kappa shape index (κ1) is 64.0. The van der Waals surface area contributed by atoms with Crippen LogP contribution < -0.4 is 10.4 Å². The SMILES string of the molecule is C#CC(C)(CCCCCC)c1ccc(C)c(/C(=C\C)C(=C)/C=c2/ccc(CCCC)cc2=C(C)C)c1.C=C(C)CC(C)(C)C.CC.CC1CCCCC1.CC1CCCCCC1.CCCC. The predicted molar refractivity (Wildman–Crippen MR) is 302 cm³/mol. The van der Waals surface area contributed by atoms with Crippen LogP contribution in [0.5, 0.6) is 0 Å². The molecule has 0 nitrogen and oxygen atoms in total. The van der Waals surface area contributed by atoms with Gasteiger partial charge in [-0.2, -0.15) is 0 Å². The molecule has 4 rings (SSSR count). The van der Waals surface area contributed by atoms with Crippen LogP contribution in [0.4, 0.5) is 0 Å². The Hall–Kier alpha value is -3.04. The quantitative estimate of drug-likeness (QED) is 0.0583. The zero-order valence-electron chi connectivity index (χ0n) is 46.8. The van der Waals surface area contributed by atoms with E-state index in [1.807, 2.05) is 13.8 Å². The van der Waals surface area contributed by atoms with E-state index in [1.165, 1.54) is 171 Å². The number of unbranched alkanes of at least 4 members (excludes halogenated alkanes) is 5. The molecule has 0 radical (unpaired) electrons. The number of hydrogen-bond donors (Lipinski definition) is 0. The van der Waals surface area contributed by atoms with Crippen molar-refractivity contribution in [2.24, 2.45) is 17.3 Å². The standard InChI is InChI=1S/C36H48.2C8H16.C7H14.C4H10.C2H6/c1-10-14-16-17-23-36(9,13-4)32-22-19-28(7)35(26-32)33(12-3)29(8)24-31-21-20-30(18-15-11-2)25-34(31)27(5)6;1-8-6-4-2-3-5-7-8;1-7(2)6-8(3,4)5;1-7-5-3-2-4-6-7;1-3-4-2;1-2/h4,12,19-22,24-26H,8,10-11,14-18,23H2,1-3,5-7,9H3;8H,2-7H2,1H3;1,6H2,2-5H3;7H,2-6H2,1H3;3-4H2,1-2H3;1-2H3/b31-24-,33-12-;;;;;. The van der Waals surface area contributed by atoms with Crippen LogP contribution in [0.15, 0.2) is 66.8 Å². The Labute approximate surface area is 408 Å². The lowest BCUT2D eigenvalue weighted by Gasteiger charge is -2.26. The third-order valence-corrected chi connectivity index (χ3v) is 12.8. The Morgan fingerprint density at radius 3 is 1.65 bits per heavy atom. The highest BCUT2D eigenvalue weighted by Gasteiger charge is 2.25. The summed E-state index contributed by atoms with van der Waals surface area (Å²) in [6.07, 6.45) is 40.2. The molecule has 2 aliphatic rings. The summed E-state index contributed by atoms with van der Waals surface area (Å²) in [6, 6.07) is 13.7. The smallest absolute Gasteiger partial charge is 0.0532 e. The fourth-order valence-electron chi connectivity index (χ4n) is 8.63. The second-order valence-corrected chi connectivity index (χ2v) is 21.2. The first-order valence-corrected chi connectivity index (χ1v) is 27.2. The van der Waals surface area contributed by atoms with Crippen molar-refractivity contribution in [2.45, 2.75) is 264 Å². The van der Waals surface area contributed by atoms with Gasteiger partial charge in [0.1, 0.15) is 0 Å². The van der Waals surface area contributed by atoms with Crippen LogP contribution in [-0.4, -0.2) is 0 Å². The van der Waals surface area contributed by atoms with E-state index in [1.54, 1.807) is 0 Å². The summed E-state index contributed by atoms with van der Waals surface area (Å²) in [5.41, 5.74) is 10.1. The Morgan fingerprint density at radius 2 is 1.23 bits per heavy atom. The summed E-state index contributed by atoms with van der Waals surface area (Å²) < 4.78 is 0. The second-order valence-electron chi connectivity index (χ2n) is 21.2. The van der Waals surface area contributed by atoms with Gasteiger partial charge in [0.15, 0.2) is 0 Å². The lowest BCUT2D eigenvalue weighted by Crippen LogP contribution is -2.26. The number of rotatable bonds is 14. The van der Waals surface area contributed by atoms with Crippen LogP contribution in [0, 0.1) is 36.5 Å². The molecule has 2 aromatic carbocycles. The molecule has 2 fully saturated rings. The summed E-state index contributed by atoms with van der Waals surface area (Å²) in [5.74, 6) is 5.19. The summed E-state index contributed by atoms with van der Waals surface area (Å²) in [7, 11) is 0. The molecule has 0 aromatic heterocycles. The maximum atomic E-state index is 6.11. The van der Waals surface area contributed by atoms with Crippen molar-refractivity contribution in [1.29, 1.82) is 0 Å². The Balaban J connectivity index is 0. The first-order chi connectivity index (χ1) is 30.8. The van der Waals surface area contributed by atoms with Crippen LogP contribution in [0.3, 0.4) is 0 Å². The number of terminal acetylenes is 1. The molecule has 0 aliphatic heterocycles. The lowest BCUT2D eigenvalue weighted by atomic mass is 9.77. The van der Waals surface area contributed by atoms with Crippen LogP contribution in [0.1, 0.15) is 268 Å². The molecule has 0 bridgehead atoms. The lowest BCUT2D eigenvalue weighted by molar-refractivity contribution is 0.385. The van der Waals surface area contributed by atoms with Crippen molar-refractivity contribution in [3.63, 3.8) is 0 Å². The van der Waals surface area contributed by atoms with E-state index in [9.17, 15) is 0 Å². The van der Waals surface area contributed by atoms with E-state index in [0.29, 0.717) is 5.41 Å². The van der Waals surface area contributed by atoms with E-state index < -0.39 is 0 Å². The van der Waals surface area contributed by atoms with Crippen LogP contribution in [-0.2, 0) is 11.8 Å². The van der Waals surface area contributed by atoms with E-state index in [2.05, 4.69) is 171 Å². The largest absolute Gasteiger partial charge is 0.119 e. The molecular weight excluding hydrogens is 781 g/mol. The van der Waals surface area contributed by atoms with Gasteiger partial charge in [-0.25, -0.2) is 0 Å². The third-order valence-electron chi connectivity index (χ3n) is 12.8. The van der Waals surface area contributed by atoms with Gasteiger partial charge in [-0.3, -0.25) is 0 Å². The van der Waals surface area contributed by atoms with Gasteiger partial charge in [-0.05, 0) is 140 Å². The van der Waals surface area contributed by atoms with Crippen LogP contribution in [0.2, 0.25) is 0 Å². The molecule has 0 saturated heterocycles. The van der Waals surface area contributed by atoms with Gasteiger partial charge in [0.25, 0.3) is 0 Å². The van der Waals surface area contributed by atoms with Crippen molar-refractivity contribution in [1.82, 2.24) is 0 Å². The minimum Gasteiger partial charge on any atom is -0.119 e. The van der Waals surface area contributed by atoms with E-state index in [4.69, 9.17) is 6.42 Å². The highest BCUT2D eigenvalue weighted by Crippen LogP contribution is 2.34. The third kappa shape index (κ3) is 30.1. The zero-order valence-corrected chi connectivity index (χ0v) is 46.8. The van der Waals surface area contributed by atoms with Gasteiger partial charge in [-0.1, -0.05) is 252 Å². The predicted octanol–water partition coefficient (Wildman–Crippen LogP) is 20.2. The van der Waals surface area contributed by atoms with Crippen molar-refractivity contribution >= 4 is 17.2 Å². The molecule has 1 unspecified atom stereocenters. The molecule has 2 aliphatic carbocycles. The first-order valence-electron chi connectivity index (χ1n) is 27.2. The number of hydrogen-bond acceptors (Lipinski definition) is 0. The van der Waals surface area contributed by atoms with Crippen molar-refractivity contribution < 1.29 is 0 Å². The normalized spacial score (nSPS) is 15.4. The molecule has 0 N–H and O–H groups in total. The van der Waals surface area contributed by atoms with Crippen LogP contribution >= 0.6 is 0 Å². The molecule has 65 heavy (non-hydrogen) atoms. The molecule has 0 spiro atoms. The topological polar surface area (TPSA) is 0 Å². The number of aryl methyl sites for hydroxylation is 2. The Morgan fingerprint density at radius 1 is 0.708 bits per heavy atom. The van der Waals surface area contributed by atoms with Crippen molar-refractivity contribution in [3.8, 4) is 12.3 Å². The average Bonchev–Trinajstić information content (AvgIpc) is 3.53. The minimum absolute atomic E-state index is 0.254. The van der Waals surface area contributed by atoms with Gasteiger partial charge in [0, 0.05) is 0 Å². The van der Waals surface area contributed by atoms with Gasteiger partial charge < -0.3 is 0 Å².